The van der Waals surface area contributed by atoms with E-state index in [1.54, 1.807) is 48.5 Å². The van der Waals surface area contributed by atoms with Crippen molar-refractivity contribution in [3.8, 4) is 11.1 Å². The fraction of sp³-hybridized carbons (Fsp3) is 0.0500. The monoisotopic (exact) mass is 366 g/mol. The summed E-state index contributed by atoms with van der Waals surface area (Å²) in [5.74, 6) is -0.767. The quantitative estimate of drug-likeness (QED) is 0.703. The molecule has 0 fully saturated rings. The average molecular weight is 366 g/mol. The van der Waals surface area contributed by atoms with Gasteiger partial charge in [0, 0.05) is 5.56 Å². The molecule has 0 aliphatic carbocycles. The first-order valence-electron chi connectivity index (χ1n) is 8.00. The Balaban J connectivity index is 2.03. The molecule has 3 aromatic rings. The molecule has 5 nitrogen and oxygen atoms in total. The van der Waals surface area contributed by atoms with Gasteiger partial charge in [-0.25, -0.2) is 8.42 Å². The van der Waals surface area contributed by atoms with Crippen LogP contribution in [0.4, 0.5) is 0 Å². The molecule has 0 bridgehead atoms. The van der Waals surface area contributed by atoms with Crippen LogP contribution in [0.15, 0.2) is 89.8 Å². The third kappa shape index (κ3) is 3.82. The van der Waals surface area contributed by atoms with E-state index >= 15 is 0 Å². The molecule has 26 heavy (non-hydrogen) atoms. The van der Waals surface area contributed by atoms with E-state index in [-0.39, 0.29) is 4.90 Å². The number of hydrogen-bond donors (Lipinski definition) is 2. The fourth-order valence-corrected chi connectivity index (χ4v) is 4.13. The molecule has 1 amide bonds. The second-order valence-electron chi connectivity index (χ2n) is 5.73. The number of primary amides is 1. The van der Waals surface area contributed by atoms with Crippen LogP contribution in [0.2, 0.25) is 0 Å². The van der Waals surface area contributed by atoms with Crippen molar-refractivity contribution in [2.75, 3.05) is 0 Å². The normalized spacial score (nSPS) is 12.5. The van der Waals surface area contributed by atoms with E-state index < -0.39 is 22.0 Å². The molecule has 0 aromatic heterocycles. The third-order valence-corrected chi connectivity index (χ3v) is 5.43. The van der Waals surface area contributed by atoms with E-state index in [1.165, 1.54) is 6.07 Å². The zero-order chi connectivity index (χ0) is 18.6. The number of rotatable bonds is 6. The third-order valence-electron chi connectivity index (χ3n) is 3.95. The van der Waals surface area contributed by atoms with Gasteiger partial charge in [-0.2, -0.15) is 4.72 Å². The Hall–Kier alpha value is -2.96. The number of carbonyl (C=O) groups is 1. The van der Waals surface area contributed by atoms with Gasteiger partial charge in [0.05, 0.1) is 4.90 Å². The predicted molar refractivity (Wildman–Crippen MR) is 101 cm³/mol. The van der Waals surface area contributed by atoms with Crippen LogP contribution in [0, 0.1) is 0 Å². The van der Waals surface area contributed by atoms with Crippen molar-refractivity contribution >= 4 is 15.9 Å². The lowest BCUT2D eigenvalue weighted by molar-refractivity contribution is -0.119. The largest absolute Gasteiger partial charge is 0.368 e. The molecule has 0 unspecified atom stereocenters. The molecule has 3 rings (SSSR count). The van der Waals surface area contributed by atoms with Gasteiger partial charge in [-0.3, -0.25) is 4.79 Å². The van der Waals surface area contributed by atoms with Gasteiger partial charge in [-0.05, 0) is 17.2 Å². The van der Waals surface area contributed by atoms with Crippen LogP contribution < -0.4 is 10.5 Å². The molecular weight excluding hydrogens is 348 g/mol. The van der Waals surface area contributed by atoms with Crippen LogP contribution in [-0.4, -0.2) is 14.3 Å². The fourth-order valence-electron chi connectivity index (χ4n) is 2.71. The first-order valence-corrected chi connectivity index (χ1v) is 9.48. The zero-order valence-electron chi connectivity index (χ0n) is 13.9. The van der Waals surface area contributed by atoms with E-state index in [9.17, 15) is 13.2 Å². The number of sulfonamides is 1. The number of amides is 1. The van der Waals surface area contributed by atoms with E-state index in [1.807, 2.05) is 30.3 Å². The lowest BCUT2D eigenvalue weighted by atomic mass is 10.1. The molecule has 0 saturated heterocycles. The van der Waals surface area contributed by atoms with Crippen LogP contribution in [-0.2, 0) is 14.8 Å². The lowest BCUT2D eigenvalue weighted by Crippen LogP contribution is -2.37. The molecule has 1 atom stereocenters. The molecule has 0 aliphatic heterocycles. The molecule has 132 valence electrons. The summed E-state index contributed by atoms with van der Waals surface area (Å²) in [6, 6.07) is 23.2. The molecular formula is C20H18N2O3S. The molecule has 6 heteroatoms. The first-order chi connectivity index (χ1) is 12.5. The summed E-state index contributed by atoms with van der Waals surface area (Å²) in [5, 5.41) is 0. The highest BCUT2D eigenvalue weighted by Crippen LogP contribution is 2.28. The molecule has 0 saturated carbocycles. The molecule has 0 radical (unpaired) electrons. The van der Waals surface area contributed by atoms with Crippen LogP contribution >= 0.6 is 0 Å². The number of nitrogens with two attached hydrogens (primary N) is 1. The van der Waals surface area contributed by atoms with Crippen molar-refractivity contribution in [2.45, 2.75) is 10.9 Å². The highest BCUT2D eigenvalue weighted by molar-refractivity contribution is 7.89. The Labute approximate surface area is 152 Å². The summed E-state index contributed by atoms with van der Waals surface area (Å²) in [5.41, 5.74) is 7.24. The number of carbonyl (C=O) groups excluding carboxylic acids is 1. The summed E-state index contributed by atoms with van der Waals surface area (Å²) in [7, 11) is -3.98. The minimum absolute atomic E-state index is 0.0911. The second kappa shape index (κ2) is 7.51. The van der Waals surface area contributed by atoms with Crippen molar-refractivity contribution < 1.29 is 13.2 Å². The van der Waals surface area contributed by atoms with Crippen molar-refractivity contribution in [1.82, 2.24) is 4.72 Å². The molecule has 0 aliphatic rings. The van der Waals surface area contributed by atoms with Gasteiger partial charge in [-0.15, -0.1) is 0 Å². The first kappa shape index (κ1) is 17.8. The second-order valence-corrected chi connectivity index (χ2v) is 7.41. The summed E-state index contributed by atoms with van der Waals surface area (Å²) in [4.78, 5) is 12.0. The molecule has 3 aromatic carbocycles. The topological polar surface area (TPSA) is 89.3 Å². The molecule has 3 N–H and O–H groups in total. The number of nitrogens with one attached hydrogen (secondary N) is 1. The number of hydrogen-bond acceptors (Lipinski definition) is 3. The number of benzene rings is 3. The van der Waals surface area contributed by atoms with Crippen molar-refractivity contribution in [2.24, 2.45) is 5.73 Å². The van der Waals surface area contributed by atoms with Gasteiger partial charge in [0.25, 0.3) is 0 Å². The summed E-state index contributed by atoms with van der Waals surface area (Å²) < 4.78 is 28.4. The Morgan fingerprint density at radius 2 is 1.35 bits per heavy atom. The summed E-state index contributed by atoms with van der Waals surface area (Å²) in [6.45, 7) is 0. The minimum atomic E-state index is -3.98. The van der Waals surface area contributed by atoms with Gasteiger partial charge >= 0.3 is 0 Å². The van der Waals surface area contributed by atoms with Crippen molar-refractivity contribution in [3.05, 3.63) is 90.5 Å². The van der Waals surface area contributed by atoms with Crippen LogP contribution in [0.1, 0.15) is 11.6 Å². The van der Waals surface area contributed by atoms with Gasteiger partial charge in [0.15, 0.2) is 0 Å². The smallest absolute Gasteiger partial charge is 0.242 e. The van der Waals surface area contributed by atoms with E-state index in [4.69, 9.17) is 5.73 Å². The predicted octanol–water partition coefficient (Wildman–Crippen LogP) is 2.86. The van der Waals surface area contributed by atoms with Crippen molar-refractivity contribution in [1.29, 1.82) is 0 Å². The highest BCUT2D eigenvalue weighted by atomic mass is 32.2. The zero-order valence-corrected chi connectivity index (χ0v) is 14.7. The highest BCUT2D eigenvalue weighted by Gasteiger charge is 2.27. The van der Waals surface area contributed by atoms with Gasteiger partial charge in [0.1, 0.15) is 6.04 Å². The van der Waals surface area contributed by atoms with E-state index in [0.717, 1.165) is 5.56 Å². The maximum atomic E-state index is 13.0. The Morgan fingerprint density at radius 3 is 1.96 bits per heavy atom. The van der Waals surface area contributed by atoms with Gasteiger partial charge in [0.2, 0.25) is 15.9 Å². The van der Waals surface area contributed by atoms with Crippen LogP contribution in [0.5, 0.6) is 0 Å². The average Bonchev–Trinajstić information content (AvgIpc) is 2.67. The minimum Gasteiger partial charge on any atom is -0.368 e. The standard InChI is InChI=1S/C20H18N2O3S/c21-20(23)19(16-11-5-2-6-12-16)22-26(24,25)18-14-8-7-13-17(18)15-9-3-1-4-10-15/h1-14,19,22H,(H2,21,23)/t19-/m0/s1. The van der Waals surface area contributed by atoms with E-state index in [0.29, 0.717) is 11.1 Å². The molecule has 0 heterocycles. The maximum absolute atomic E-state index is 13.0. The van der Waals surface area contributed by atoms with Gasteiger partial charge < -0.3 is 5.73 Å². The summed E-state index contributed by atoms with van der Waals surface area (Å²) >= 11 is 0. The lowest BCUT2D eigenvalue weighted by Gasteiger charge is -2.18. The molecule has 0 spiro atoms. The maximum Gasteiger partial charge on any atom is 0.242 e. The van der Waals surface area contributed by atoms with Crippen LogP contribution in [0.25, 0.3) is 11.1 Å². The Morgan fingerprint density at radius 1 is 0.808 bits per heavy atom. The van der Waals surface area contributed by atoms with Crippen LogP contribution in [0.3, 0.4) is 0 Å². The SMILES string of the molecule is NC(=O)[C@@H](NS(=O)(=O)c1ccccc1-c1ccccc1)c1ccccc1. The Bertz CT molecular complexity index is 1000. The van der Waals surface area contributed by atoms with Gasteiger partial charge in [-0.1, -0.05) is 78.9 Å². The summed E-state index contributed by atoms with van der Waals surface area (Å²) in [6.07, 6.45) is 0. The van der Waals surface area contributed by atoms with Crippen molar-refractivity contribution in [3.63, 3.8) is 0 Å². The Kier molecular flexibility index (Phi) is 5.16. The van der Waals surface area contributed by atoms with E-state index in [2.05, 4.69) is 4.72 Å².